The third kappa shape index (κ3) is 3.25. The number of hydrogen-bond donors (Lipinski definition) is 3. The molecule has 1 aromatic heterocycles. The van der Waals surface area contributed by atoms with Crippen molar-refractivity contribution < 1.29 is 4.79 Å². The first-order valence-corrected chi connectivity index (χ1v) is 5.39. The van der Waals surface area contributed by atoms with Crippen LogP contribution in [0.25, 0.3) is 0 Å². The molecule has 1 rings (SSSR count). The Bertz CT molecular complexity index is 364. The maximum absolute atomic E-state index is 11.7. The Morgan fingerprint density at radius 2 is 2.25 bits per heavy atom. The van der Waals surface area contributed by atoms with Crippen LogP contribution in [0.5, 0.6) is 0 Å². The van der Waals surface area contributed by atoms with E-state index in [-0.39, 0.29) is 11.3 Å². The third-order valence-electron chi connectivity index (χ3n) is 2.90. The van der Waals surface area contributed by atoms with Crippen LogP contribution in [-0.2, 0) is 4.79 Å². The molecule has 0 bridgehead atoms. The molecule has 0 aliphatic heterocycles. The lowest BCUT2D eigenvalue weighted by molar-refractivity contribution is -0.117. The molecule has 1 amide bonds. The Hall–Kier alpha value is -1.52. The van der Waals surface area contributed by atoms with Gasteiger partial charge in [-0.2, -0.15) is 5.10 Å². The molecule has 4 N–H and O–H groups in total. The Morgan fingerprint density at radius 3 is 2.69 bits per heavy atom. The van der Waals surface area contributed by atoms with E-state index in [9.17, 15) is 4.79 Å². The number of nitrogens with two attached hydrogens (primary N) is 1. The molecule has 0 radical (unpaired) electrons. The van der Waals surface area contributed by atoms with Crippen molar-refractivity contribution in [2.45, 2.75) is 34.1 Å². The van der Waals surface area contributed by atoms with E-state index in [1.807, 2.05) is 0 Å². The fraction of sp³-hybridized carbons (Fsp3) is 0.636. The fourth-order valence-electron chi connectivity index (χ4n) is 1.17. The lowest BCUT2D eigenvalue weighted by Gasteiger charge is -2.26. The molecule has 5 heteroatoms. The predicted octanol–water partition coefficient (Wildman–Crippen LogP) is 2.00. The number of nitrogen functional groups attached to an aromatic ring is 1. The molecule has 16 heavy (non-hydrogen) atoms. The van der Waals surface area contributed by atoms with E-state index in [0.29, 0.717) is 23.8 Å². The predicted molar refractivity (Wildman–Crippen MR) is 64.9 cm³/mol. The second-order valence-electron chi connectivity index (χ2n) is 5.22. The lowest BCUT2D eigenvalue weighted by Crippen LogP contribution is -2.24. The van der Waals surface area contributed by atoms with Crippen molar-refractivity contribution in [3.05, 3.63) is 6.20 Å². The molecule has 1 unspecified atom stereocenters. The van der Waals surface area contributed by atoms with Gasteiger partial charge in [0.25, 0.3) is 0 Å². The second-order valence-corrected chi connectivity index (χ2v) is 5.22. The van der Waals surface area contributed by atoms with Gasteiger partial charge >= 0.3 is 0 Å². The first-order valence-electron chi connectivity index (χ1n) is 5.39. The number of H-pyrrole nitrogens is 1. The van der Waals surface area contributed by atoms with Gasteiger partial charge in [0.2, 0.25) is 5.91 Å². The zero-order valence-electron chi connectivity index (χ0n) is 10.3. The number of aromatic nitrogens is 2. The second kappa shape index (κ2) is 4.55. The van der Waals surface area contributed by atoms with Crippen LogP contribution in [0, 0.1) is 11.3 Å². The number of rotatable bonds is 3. The van der Waals surface area contributed by atoms with Crippen molar-refractivity contribution in [1.29, 1.82) is 0 Å². The van der Waals surface area contributed by atoms with Gasteiger partial charge in [-0.05, 0) is 11.3 Å². The highest BCUT2D eigenvalue weighted by atomic mass is 16.1. The van der Waals surface area contributed by atoms with Crippen molar-refractivity contribution in [2.75, 3.05) is 11.1 Å². The van der Waals surface area contributed by atoms with E-state index in [2.05, 4.69) is 43.2 Å². The topological polar surface area (TPSA) is 83.8 Å². The number of nitrogens with zero attached hydrogens (tertiary/aromatic N) is 1. The van der Waals surface area contributed by atoms with Crippen molar-refractivity contribution in [3.63, 3.8) is 0 Å². The van der Waals surface area contributed by atoms with E-state index in [4.69, 9.17) is 5.73 Å². The molecular weight excluding hydrogens is 204 g/mol. The average molecular weight is 224 g/mol. The zero-order valence-corrected chi connectivity index (χ0v) is 10.3. The number of nitrogens with one attached hydrogen (secondary N) is 2. The maximum atomic E-state index is 11.7. The van der Waals surface area contributed by atoms with Gasteiger partial charge in [-0.15, -0.1) is 0 Å². The SMILES string of the molecule is CC(CC(=O)Nc1[nH]ncc1N)C(C)(C)C. The van der Waals surface area contributed by atoms with Crippen LogP contribution in [0.4, 0.5) is 11.5 Å². The van der Waals surface area contributed by atoms with Gasteiger partial charge < -0.3 is 11.1 Å². The first-order chi connectivity index (χ1) is 7.30. The molecule has 0 aliphatic carbocycles. The lowest BCUT2D eigenvalue weighted by atomic mass is 9.80. The third-order valence-corrected chi connectivity index (χ3v) is 2.90. The number of hydrogen-bond acceptors (Lipinski definition) is 3. The van der Waals surface area contributed by atoms with Crippen LogP contribution in [0.1, 0.15) is 34.1 Å². The highest BCUT2D eigenvalue weighted by Crippen LogP contribution is 2.28. The van der Waals surface area contributed by atoms with Crippen LogP contribution in [0.15, 0.2) is 6.20 Å². The largest absolute Gasteiger partial charge is 0.394 e. The summed E-state index contributed by atoms with van der Waals surface area (Å²) in [6.45, 7) is 8.43. The maximum Gasteiger partial charge on any atom is 0.225 e. The van der Waals surface area contributed by atoms with Crippen molar-refractivity contribution in [1.82, 2.24) is 10.2 Å². The zero-order chi connectivity index (χ0) is 12.3. The average Bonchev–Trinajstić information content (AvgIpc) is 2.50. The summed E-state index contributed by atoms with van der Waals surface area (Å²) in [4.78, 5) is 11.7. The summed E-state index contributed by atoms with van der Waals surface area (Å²) in [5, 5.41) is 9.09. The molecule has 90 valence electrons. The number of carbonyl (C=O) groups is 1. The van der Waals surface area contributed by atoms with Gasteiger partial charge in [-0.1, -0.05) is 27.7 Å². The van der Waals surface area contributed by atoms with Gasteiger partial charge in [-0.3, -0.25) is 9.89 Å². The molecule has 0 fully saturated rings. The first kappa shape index (κ1) is 12.5. The monoisotopic (exact) mass is 224 g/mol. The summed E-state index contributed by atoms with van der Waals surface area (Å²) in [6, 6.07) is 0. The molecule has 0 aliphatic rings. The molecule has 1 atom stereocenters. The minimum atomic E-state index is -0.0432. The smallest absolute Gasteiger partial charge is 0.225 e. The summed E-state index contributed by atoms with van der Waals surface area (Å²) in [7, 11) is 0. The fourth-order valence-corrected chi connectivity index (χ4v) is 1.17. The summed E-state index contributed by atoms with van der Waals surface area (Å²) < 4.78 is 0. The molecule has 0 spiro atoms. The van der Waals surface area contributed by atoms with Crippen LogP contribution in [0.3, 0.4) is 0 Å². The van der Waals surface area contributed by atoms with E-state index < -0.39 is 0 Å². The molecule has 1 heterocycles. The number of aromatic amines is 1. The van der Waals surface area contributed by atoms with E-state index in [1.165, 1.54) is 6.20 Å². The number of anilines is 2. The van der Waals surface area contributed by atoms with Crippen molar-refractivity contribution in [2.24, 2.45) is 11.3 Å². The summed E-state index contributed by atoms with van der Waals surface area (Å²) >= 11 is 0. The standard InChI is InChI=1S/C11H20N4O/c1-7(11(2,3)4)5-9(16)14-10-8(12)6-13-15-10/h6-7H,5,12H2,1-4H3,(H2,13,14,15,16). The minimum Gasteiger partial charge on any atom is -0.394 e. The molecule has 0 saturated carbocycles. The molecule has 0 aromatic carbocycles. The Balaban J connectivity index is 2.52. The summed E-state index contributed by atoms with van der Waals surface area (Å²) in [5.74, 6) is 0.737. The molecule has 5 nitrogen and oxygen atoms in total. The quantitative estimate of drug-likeness (QED) is 0.734. The van der Waals surface area contributed by atoms with E-state index >= 15 is 0 Å². The highest BCUT2D eigenvalue weighted by Gasteiger charge is 2.22. The van der Waals surface area contributed by atoms with Crippen LogP contribution in [0.2, 0.25) is 0 Å². The van der Waals surface area contributed by atoms with Gasteiger partial charge in [0.1, 0.15) is 0 Å². The number of amides is 1. The van der Waals surface area contributed by atoms with Gasteiger partial charge in [0.05, 0.1) is 11.9 Å². The van der Waals surface area contributed by atoms with Gasteiger partial charge in [-0.25, -0.2) is 0 Å². The van der Waals surface area contributed by atoms with Crippen molar-refractivity contribution >= 4 is 17.4 Å². The van der Waals surface area contributed by atoms with Crippen molar-refractivity contribution in [3.8, 4) is 0 Å². The highest BCUT2D eigenvalue weighted by molar-refractivity contribution is 5.92. The van der Waals surface area contributed by atoms with E-state index in [1.54, 1.807) is 0 Å². The molecule has 1 aromatic rings. The normalized spacial score (nSPS) is 13.5. The molecular formula is C11H20N4O. The van der Waals surface area contributed by atoms with Crippen LogP contribution >= 0.6 is 0 Å². The number of carbonyl (C=O) groups excluding carboxylic acids is 1. The Kier molecular flexibility index (Phi) is 3.57. The minimum absolute atomic E-state index is 0.0432. The van der Waals surface area contributed by atoms with Crippen LogP contribution < -0.4 is 11.1 Å². The van der Waals surface area contributed by atoms with Gasteiger partial charge in [0.15, 0.2) is 5.82 Å². The molecule has 0 saturated heterocycles. The summed E-state index contributed by atoms with van der Waals surface area (Å²) in [6.07, 6.45) is 1.95. The van der Waals surface area contributed by atoms with Crippen LogP contribution in [-0.4, -0.2) is 16.1 Å². The Labute approximate surface area is 95.8 Å². The summed E-state index contributed by atoms with van der Waals surface area (Å²) in [5.41, 5.74) is 6.17. The van der Waals surface area contributed by atoms with Gasteiger partial charge in [0, 0.05) is 6.42 Å². The van der Waals surface area contributed by atoms with E-state index in [0.717, 1.165) is 0 Å². The Morgan fingerprint density at radius 1 is 1.62 bits per heavy atom.